The van der Waals surface area contributed by atoms with Crippen LogP contribution in [0.15, 0.2) is 60.8 Å². The second-order valence-electron chi connectivity index (χ2n) is 6.23. The van der Waals surface area contributed by atoms with Gasteiger partial charge in [-0.3, -0.25) is 14.9 Å². The van der Waals surface area contributed by atoms with Crippen molar-refractivity contribution in [2.75, 3.05) is 5.32 Å². The maximum Gasteiger partial charge on any atom is 0.319 e. The zero-order chi connectivity index (χ0) is 19.6. The number of hydrogen-bond donors (Lipinski definition) is 3. The van der Waals surface area contributed by atoms with Gasteiger partial charge in [0, 0.05) is 23.5 Å². The summed E-state index contributed by atoms with van der Waals surface area (Å²) in [7, 11) is 0. The smallest absolute Gasteiger partial charge is 0.319 e. The SMILES string of the molecule is C=C1NC(=O)N[C@H](c2ccccc2C)[C@H]1C(=O)Nc1cccc([N+](=O)[O-])c1. The summed E-state index contributed by atoms with van der Waals surface area (Å²) in [4.78, 5) is 35.2. The lowest BCUT2D eigenvalue weighted by Crippen LogP contribution is -2.52. The molecule has 1 heterocycles. The van der Waals surface area contributed by atoms with E-state index in [1.165, 1.54) is 18.2 Å². The van der Waals surface area contributed by atoms with Gasteiger partial charge < -0.3 is 16.0 Å². The van der Waals surface area contributed by atoms with Crippen LogP contribution in [-0.2, 0) is 4.79 Å². The number of anilines is 1. The van der Waals surface area contributed by atoms with Crippen LogP contribution < -0.4 is 16.0 Å². The number of nitro groups is 1. The summed E-state index contributed by atoms with van der Waals surface area (Å²) in [6.45, 7) is 5.71. The Morgan fingerprint density at radius 2 is 1.96 bits per heavy atom. The molecule has 138 valence electrons. The van der Waals surface area contributed by atoms with Crippen LogP contribution in [-0.4, -0.2) is 16.9 Å². The number of urea groups is 1. The summed E-state index contributed by atoms with van der Waals surface area (Å²) >= 11 is 0. The van der Waals surface area contributed by atoms with Gasteiger partial charge in [-0.2, -0.15) is 0 Å². The van der Waals surface area contributed by atoms with Gasteiger partial charge in [-0.15, -0.1) is 0 Å². The molecule has 0 bridgehead atoms. The second-order valence-corrected chi connectivity index (χ2v) is 6.23. The molecule has 8 nitrogen and oxygen atoms in total. The van der Waals surface area contributed by atoms with Crippen molar-refractivity contribution in [3.8, 4) is 0 Å². The van der Waals surface area contributed by atoms with Gasteiger partial charge in [0.2, 0.25) is 5.91 Å². The first-order valence-corrected chi connectivity index (χ1v) is 8.24. The number of non-ortho nitro benzene ring substituents is 1. The fourth-order valence-electron chi connectivity index (χ4n) is 3.11. The molecule has 3 rings (SSSR count). The third kappa shape index (κ3) is 3.79. The molecule has 2 aromatic carbocycles. The average Bonchev–Trinajstić information content (AvgIpc) is 2.61. The Balaban J connectivity index is 1.91. The molecule has 0 aliphatic carbocycles. The molecule has 2 atom stereocenters. The topological polar surface area (TPSA) is 113 Å². The summed E-state index contributed by atoms with van der Waals surface area (Å²) in [5.41, 5.74) is 2.15. The number of aryl methyl sites for hydroxylation is 1. The molecule has 0 aromatic heterocycles. The summed E-state index contributed by atoms with van der Waals surface area (Å²) in [6, 6.07) is 12.1. The predicted molar refractivity (Wildman–Crippen MR) is 99.9 cm³/mol. The number of hydrogen-bond acceptors (Lipinski definition) is 4. The Bertz CT molecular complexity index is 941. The van der Waals surface area contributed by atoms with Crippen LogP contribution in [0.5, 0.6) is 0 Å². The monoisotopic (exact) mass is 366 g/mol. The van der Waals surface area contributed by atoms with E-state index < -0.39 is 28.8 Å². The Morgan fingerprint density at radius 3 is 2.67 bits per heavy atom. The predicted octanol–water partition coefficient (Wildman–Crippen LogP) is 3.03. The van der Waals surface area contributed by atoms with Crippen molar-refractivity contribution in [1.82, 2.24) is 10.6 Å². The van der Waals surface area contributed by atoms with E-state index >= 15 is 0 Å². The molecule has 3 N–H and O–H groups in total. The van der Waals surface area contributed by atoms with Gasteiger partial charge in [-0.1, -0.05) is 36.9 Å². The maximum atomic E-state index is 12.9. The summed E-state index contributed by atoms with van der Waals surface area (Å²) in [5.74, 6) is -1.22. The van der Waals surface area contributed by atoms with Gasteiger partial charge in [0.1, 0.15) is 5.92 Å². The maximum absolute atomic E-state index is 12.9. The van der Waals surface area contributed by atoms with Crippen LogP contribution in [0.2, 0.25) is 0 Å². The summed E-state index contributed by atoms with van der Waals surface area (Å²) < 4.78 is 0. The highest BCUT2D eigenvalue weighted by Gasteiger charge is 2.38. The van der Waals surface area contributed by atoms with Gasteiger partial charge in [-0.05, 0) is 24.1 Å². The van der Waals surface area contributed by atoms with E-state index in [4.69, 9.17) is 0 Å². The molecule has 27 heavy (non-hydrogen) atoms. The standard InChI is InChI=1S/C19H18N4O4/c1-11-6-3-4-9-15(11)17-16(12(2)20-19(25)22-17)18(24)21-13-7-5-8-14(10-13)23(26)27/h3-10,16-17H,2H2,1H3,(H,21,24)(H2,20,22,25)/t16-,17+/m0/s1. The first-order chi connectivity index (χ1) is 12.9. The van der Waals surface area contributed by atoms with E-state index in [-0.39, 0.29) is 11.4 Å². The third-order valence-electron chi connectivity index (χ3n) is 4.40. The van der Waals surface area contributed by atoms with E-state index in [0.29, 0.717) is 5.69 Å². The molecule has 0 unspecified atom stereocenters. The number of rotatable bonds is 4. The van der Waals surface area contributed by atoms with Crippen LogP contribution >= 0.6 is 0 Å². The summed E-state index contributed by atoms with van der Waals surface area (Å²) in [6.07, 6.45) is 0. The lowest BCUT2D eigenvalue weighted by atomic mass is 9.86. The molecular weight excluding hydrogens is 348 g/mol. The van der Waals surface area contributed by atoms with Crippen molar-refractivity contribution in [1.29, 1.82) is 0 Å². The van der Waals surface area contributed by atoms with Crippen LogP contribution in [0.1, 0.15) is 17.2 Å². The minimum absolute atomic E-state index is 0.128. The van der Waals surface area contributed by atoms with E-state index in [0.717, 1.165) is 11.1 Å². The van der Waals surface area contributed by atoms with Crippen molar-refractivity contribution in [2.24, 2.45) is 5.92 Å². The molecule has 0 radical (unpaired) electrons. The fraction of sp³-hybridized carbons (Fsp3) is 0.158. The first-order valence-electron chi connectivity index (χ1n) is 8.24. The van der Waals surface area contributed by atoms with E-state index in [1.54, 1.807) is 6.07 Å². The number of nitro benzene ring substituents is 1. The van der Waals surface area contributed by atoms with Gasteiger partial charge in [-0.25, -0.2) is 4.79 Å². The number of benzene rings is 2. The largest absolute Gasteiger partial charge is 0.330 e. The molecule has 1 aliphatic rings. The first kappa shape index (κ1) is 18.1. The third-order valence-corrected chi connectivity index (χ3v) is 4.40. The molecule has 1 aliphatic heterocycles. The zero-order valence-corrected chi connectivity index (χ0v) is 14.6. The normalized spacial score (nSPS) is 19.0. The Morgan fingerprint density at radius 1 is 1.22 bits per heavy atom. The Kier molecular flexibility index (Phi) is 4.89. The highest BCUT2D eigenvalue weighted by molar-refractivity contribution is 5.97. The van der Waals surface area contributed by atoms with Gasteiger partial charge >= 0.3 is 6.03 Å². The van der Waals surface area contributed by atoms with Crippen LogP contribution in [0.25, 0.3) is 0 Å². The number of nitrogens with zero attached hydrogens (tertiary/aromatic N) is 1. The average molecular weight is 366 g/mol. The van der Waals surface area contributed by atoms with Crippen LogP contribution in [0.3, 0.4) is 0 Å². The number of nitrogens with one attached hydrogen (secondary N) is 3. The summed E-state index contributed by atoms with van der Waals surface area (Å²) in [5, 5.41) is 18.9. The molecule has 8 heteroatoms. The highest BCUT2D eigenvalue weighted by Crippen LogP contribution is 2.32. The van der Waals surface area contributed by atoms with Crippen molar-refractivity contribution in [3.05, 3.63) is 82.0 Å². The van der Waals surface area contributed by atoms with Crippen molar-refractivity contribution < 1.29 is 14.5 Å². The van der Waals surface area contributed by atoms with E-state index in [9.17, 15) is 19.7 Å². The number of carbonyl (C=O) groups excluding carboxylic acids is 2. The van der Waals surface area contributed by atoms with Crippen molar-refractivity contribution >= 4 is 23.3 Å². The number of amides is 3. The van der Waals surface area contributed by atoms with Gasteiger partial charge in [0.25, 0.3) is 5.69 Å². The lowest BCUT2D eigenvalue weighted by Gasteiger charge is -2.34. The number of carbonyl (C=O) groups is 2. The minimum Gasteiger partial charge on any atom is -0.330 e. The highest BCUT2D eigenvalue weighted by atomic mass is 16.6. The zero-order valence-electron chi connectivity index (χ0n) is 14.6. The molecule has 0 saturated carbocycles. The fourth-order valence-corrected chi connectivity index (χ4v) is 3.11. The Labute approximate surface area is 155 Å². The molecule has 1 saturated heterocycles. The molecule has 3 amide bonds. The van der Waals surface area contributed by atoms with Gasteiger partial charge in [0.05, 0.1) is 11.0 Å². The molecule has 1 fully saturated rings. The van der Waals surface area contributed by atoms with Crippen LogP contribution in [0.4, 0.5) is 16.2 Å². The minimum atomic E-state index is -0.789. The Hall–Kier alpha value is -3.68. The van der Waals surface area contributed by atoms with Gasteiger partial charge in [0.15, 0.2) is 0 Å². The van der Waals surface area contributed by atoms with Crippen molar-refractivity contribution in [2.45, 2.75) is 13.0 Å². The lowest BCUT2D eigenvalue weighted by molar-refractivity contribution is -0.384. The quantitative estimate of drug-likeness (QED) is 0.570. The van der Waals surface area contributed by atoms with Crippen LogP contribution in [0, 0.1) is 23.0 Å². The molecular formula is C19H18N4O4. The molecule has 0 spiro atoms. The van der Waals surface area contributed by atoms with E-state index in [1.807, 2.05) is 31.2 Å². The second kappa shape index (κ2) is 7.28. The van der Waals surface area contributed by atoms with E-state index in [2.05, 4.69) is 22.5 Å². The van der Waals surface area contributed by atoms with Crippen molar-refractivity contribution in [3.63, 3.8) is 0 Å². The molecule has 2 aromatic rings.